The van der Waals surface area contributed by atoms with Crippen LogP contribution < -0.4 is 5.32 Å². The van der Waals surface area contributed by atoms with Gasteiger partial charge in [0.2, 0.25) is 0 Å². The Morgan fingerprint density at radius 2 is 1.64 bits per heavy atom. The van der Waals surface area contributed by atoms with E-state index in [1.807, 2.05) is 37.4 Å². The lowest BCUT2D eigenvalue weighted by Gasteiger charge is -2.10. The molecule has 0 radical (unpaired) electrons. The molecule has 0 saturated carbocycles. The molecule has 0 aliphatic carbocycles. The highest BCUT2D eigenvalue weighted by atomic mass is 19.1. The zero-order valence-electron chi connectivity index (χ0n) is 18.3. The van der Waals surface area contributed by atoms with Gasteiger partial charge in [-0.1, -0.05) is 36.4 Å². The van der Waals surface area contributed by atoms with Crippen molar-refractivity contribution in [3.05, 3.63) is 108 Å². The Morgan fingerprint density at radius 3 is 2.45 bits per heavy atom. The predicted octanol–water partition coefficient (Wildman–Crippen LogP) is 6.46. The van der Waals surface area contributed by atoms with E-state index in [0.29, 0.717) is 0 Å². The molecule has 3 aromatic heterocycles. The molecule has 0 aliphatic rings. The number of benzene rings is 2. The Hall–Kier alpha value is -4.12. The fourth-order valence-corrected chi connectivity index (χ4v) is 3.93. The van der Waals surface area contributed by atoms with Crippen molar-refractivity contribution >= 4 is 16.6 Å². The van der Waals surface area contributed by atoms with Crippen LogP contribution in [0.3, 0.4) is 0 Å². The van der Waals surface area contributed by atoms with Crippen molar-refractivity contribution in [3.8, 4) is 22.4 Å². The first-order chi connectivity index (χ1) is 16.2. The summed E-state index contributed by atoms with van der Waals surface area (Å²) in [5.74, 6) is 0.532. The summed E-state index contributed by atoms with van der Waals surface area (Å²) in [5, 5.41) is 5.40. The highest BCUT2D eigenvalue weighted by Gasteiger charge is 2.07. The quantitative estimate of drug-likeness (QED) is 0.333. The molecule has 5 heteroatoms. The molecule has 1 N–H and O–H groups in total. The fraction of sp³-hybridized carbons (Fsp3) is 0.107. The smallest absolute Gasteiger partial charge is 0.135 e. The minimum Gasteiger partial charge on any atom is -0.369 e. The molecule has 0 saturated heterocycles. The van der Waals surface area contributed by atoms with Crippen molar-refractivity contribution in [3.63, 3.8) is 0 Å². The normalized spacial score (nSPS) is 11.0. The molecule has 4 nitrogen and oxygen atoms in total. The van der Waals surface area contributed by atoms with Gasteiger partial charge in [0.1, 0.15) is 11.6 Å². The molecule has 0 unspecified atom stereocenters. The number of aryl methyl sites for hydroxylation is 1. The third-order valence-electron chi connectivity index (χ3n) is 5.66. The average molecular weight is 435 g/mol. The van der Waals surface area contributed by atoms with Gasteiger partial charge in [0.15, 0.2) is 0 Å². The third-order valence-corrected chi connectivity index (χ3v) is 5.66. The molecule has 33 heavy (non-hydrogen) atoms. The first-order valence-corrected chi connectivity index (χ1v) is 10.9. The molecule has 0 atom stereocenters. The molecule has 0 spiro atoms. The summed E-state index contributed by atoms with van der Waals surface area (Å²) in [6, 6.07) is 23.2. The lowest BCUT2D eigenvalue weighted by Crippen LogP contribution is -2.06. The van der Waals surface area contributed by atoms with E-state index in [1.54, 1.807) is 18.5 Å². The van der Waals surface area contributed by atoms with Crippen LogP contribution in [-0.4, -0.2) is 21.5 Å². The SMILES string of the molecule is Cc1cc(-c2ccc(CCNc3nccc4cc(-c5cccc(F)c5)ncc34)cc2)ccn1. The summed E-state index contributed by atoms with van der Waals surface area (Å²) in [5.41, 5.74) is 6.13. The highest BCUT2D eigenvalue weighted by Crippen LogP contribution is 2.26. The number of fused-ring (bicyclic) bond motifs is 1. The van der Waals surface area contributed by atoms with Crippen molar-refractivity contribution in [2.24, 2.45) is 0 Å². The summed E-state index contributed by atoms with van der Waals surface area (Å²) >= 11 is 0. The molecule has 162 valence electrons. The van der Waals surface area contributed by atoms with E-state index in [-0.39, 0.29) is 5.82 Å². The van der Waals surface area contributed by atoms with Crippen molar-refractivity contribution < 1.29 is 4.39 Å². The summed E-state index contributed by atoms with van der Waals surface area (Å²) in [7, 11) is 0. The fourth-order valence-electron chi connectivity index (χ4n) is 3.93. The van der Waals surface area contributed by atoms with Crippen molar-refractivity contribution in [2.75, 3.05) is 11.9 Å². The van der Waals surface area contributed by atoms with E-state index in [2.05, 4.69) is 50.6 Å². The summed E-state index contributed by atoms with van der Waals surface area (Å²) in [6.07, 6.45) is 6.31. The van der Waals surface area contributed by atoms with E-state index in [9.17, 15) is 4.39 Å². The van der Waals surface area contributed by atoms with Gasteiger partial charge in [-0.05, 0) is 71.8 Å². The second-order valence-electron chi connectivity index (χ2n) is 8.02. The van der Waals surface area contributed by atoms with Gasteiger partial charge in [0, 0.05) is 41.8 Å². The molecule has 0 fully saturated rings. The van der Waals surface area contributed by atoms with E-state index >= 15 is 0 Å². The van der Waals surface area contributed by atoms with Crippen LogP contribution in [0.25, 0.3) is 33.2 Å². The van der Waals surface area contributed by atoms with E-state index in [0.717, 1.165) is 46.5 Å². The molecular weight excluding hydrogens is 411 g/mol. The van der Waals surface area contributed by atoms with Gasteiger partial charge < -0.3 is 5.32 Å². The lowest BCUT2D eigenvalue weighted by atomic mass is 10.0. The second-order valence-corrected chi connectivity index (χ2v) is 8.02. The van der Waals surface area contributed by atoms with Gasteiger partial charge in [0.25, 0.3) is 0 Å². The van der Waals surface area contributed by atoms with Gasteiger partial charge in [0.05, 0.1) is 5.69 Å². The summed E-state index contributed by atoms with van der Waals surface area (Å²) in [4.78, 5) is 13.3. The molecule has 5 aromatic rings. The number of pyridine rings is 3. The topological polar surface area (TPSA) is 50.7 Å². The standard InChI is InChI=1S/C28H23FN4/c1-19-15-22(10-13-30-19)21-7-5-20(6-8-21)9-12-31-28-26-18-33-27(17-23(26)11-14-32-28)24-3-2-4-25(29)16-24/h2-8,10-11,13-18H,9,12H2,1H3,(H,31,32). The Morgan fingerprint density at radius 1 is 0.788 bits per heavy atom. The van der Waals surface area contributed by atoms with Crippen LogP contribution in [0.15, 0.2) is 91.4 Å². The summed E-state index contributed by atoms with van der Waals surface area (Å²) in [6.45, 7) is 2.76. The van der Waals surface area contributed by atoms with Crippen molar-refractivity contribution in [1.29, 1.82) is 0 Å². The number of anilines is 1. The van der Waals surface area contributed by atoms with Crippen LogP contribution in [0.1, 0.15) is 11.3 Å². The predicted molar refractivity (Wildman–Crippen MR) is 132 cm³/mol. The van der Waals surface area contributed by atoms with Crippen LogP contribution in [0.2, 0.25) is 0 Å². The van der Waals surface area contributed by atoms with Gasteiger partial charge in [-0.25, -0.2) is 9.37 Å². The number of nitrogens with zero attached hydrogens (tertiary/aromatic N) is 3. The molecule has 0 aliphatic heterocycles. The average Bonchev–Trinajstić information content (AvgIpc) is 2.84. The van der Waals surface area contributed by atoms with Gasteiger partial charge >= 0.3 is 0 Å². The highest BCUT2D eigenvalue weighted by molar-refractivity contribution is 5.93. The molecule has 0 amide bonds. The molecule has 0 bridgehead atoms. The largest absolute Gasteiger partial charge is 0.369 e. The van der Waals surface area contributed by atoms with Crippen molar-refractivity contribution in [1.82, 2.24) is 15.0 Å². The van der Waals surface area contributed by atoms with E-state index in [1.165, 1.54) is 28.8 Å². The first-order valence-electron chi connectivity index (χ1n) is 10.9. The number of nitrogens with one attached hydrogen (secondary N) is 1. The molecular formula is C28H23FN4. The monoisotopic (exact) mass is 434 g/mol. The van der Waals surface area contributed by atoms with Crippen molar-refractivity contribution in [2.45, 2.75) is 13.3 Å². The zero-order valence-corrected chi connectivity index (χ0v) is 18.3. The third kappa shape index (κ3) is 4.72. The summed E-state index contributed by atoms with van der Waals surface area (Å²) < 4.78 is 13.6. The Labute approximate surface area is 192 Å². The maximum atomic E-state index is 13.6. The number of aromatic nitrogens is 3. The van der Waals surface area contributed by atoms with Crippen LogP contribution in [0, 0.1) is 12.7 Å². The lowest BCUT2D eigenvalue weighted by molar-refractivity contribution is 0.628. The minimum atomic E-state index is -0.268. The van der Waals surface area contributed by atoms with E-state index < -0.39 is 0 Å². The van der Waals surface area contributed by atoms with Crippen LogP contribution >= 0.6 is 0 Å². The molecule has 2 aromatic carbocycles. The Kier molecular flexibility index (Phi) is 5.77. The van der Waals surface area contributed by atoms with Crippen LogP contribution in [-0.2, 0) is 6.42 Å². The van der Waals surface area contributed by atoms with Gasteiger partial charge in [-0.2, -0.15) is 0 Å². The number of hydrogen-bond donors (Lipinski definition) is 1. The van der Waals surface area contributed by atoms with Crippen LogP contribution in [0.4, 0.5) is 10.2 Å². The van der Waals surface area contributed by atoms with Gasteiger partial charge in [-0.15, -0.1) is 0 Å². The number of halogens is 1. The van der Waals surface area contributed by atoms with Crippen LogP contribution in [0.5, 0.6) is 0 Å². The number of rotatable bonds is 6. The number of hydrogen-bond acceptors (Lipinski definition) is 4. The van der Waals surface area contributed by atoms with E-state index in [4.69, 9.17) is 0 Å². The van der Waals surface area contributed by atoms with Gasteiger partial charge in [-0.3, -0.25) is 9.97 Å². The maximum Gasteiger partial charge on any atom is 0.135 e. The second kappa shape index (κ2) is 9.17. The molecule has 5 rings (SSSR count). The Balaban J connectivity index is 1.28. The zero-order chi connectivity index (χ0) is 22.6. The maximum absolute atomic E-state index is 13.6. The Bertz CT molecular complexity index is 1410. The first kappa shape index (κ1) is 20.8. The minimum absolute atomic E-state index is 0.268. The molecule has 3 heterocycles.